The van der Waals surface area contributed by atoms with Crippen LogP contribution in [0.15, 0.2) is 0 Å². The zero-order valence-electron chi connectivity index (χ0n) is 12.9. The first-order valence-electron chi connectivity index (χ1n) is 7.44. The highest BCUT2D eigenvalue weighted by Gasteiger charge is 2.15. The van der Waals surface area contributed by atoms with Crippen molar-refractivity contribution in [2.24, 2.45) is 0 Å². The Bertz CT molecular complexity index is 232. The van der Waals surface area contributed by atoms with Gasteiger partial charge in [0.05, 0.1) is 12.1 Å². The van der Waals surface area contributed by atoms with E-state index in [4.69, 9.17) is 5.26 Å². The molecule has 1 N–H and O–H groups in total. The van der Waals surface area contributed by atoms with Crippen LogP contribution in [0, 0.1) is 11.3 Å². The van der Waals surface area contributed by atoms with E-state index < -0.39 is 0 Å². The predicted molar refractivity (Wildman–Crippen MR) is 78.5 cm³/mol. The average Bonchev–Trinajstić information content (AvgIpc) is 2.35. The van der Waals surface area contributed by atoms with Crippen molar-refractivity contribution in [1.82, 2.24) is 10.2 Å². The molecule has 0 bridgehead atoms. The summed E-state index contributed by atoms with van der Waals surface area (Å²) < 4.78 is 0. The van der Waals surface area contributed by atoms with Crippen molar-refractivity contribution >= 4 is 0 Å². The van der Waals surface area contributed by atoms with Crippen molar-refractivity contribution in [1.29, 1.82) is 5.26 Å². The van der Waals surface area contributed by atoms with Gasteiger partial charge in [0.1, 0.15) is 0 Å². The monoisotopic (exact) mass is 253 g/mol. The fourth-order valence-corrected chi connectivity index (χ4v) is 2.05. The normalized spacial score (nSPS) is 14.8. The molecule has 3 heteroatoms. The summed E-state index contributed by atoms with van der Waals surface area (Å²) in [6.07, 6.45) is 4.58. The predicted octanol–water partition coefficient (Wildman–Crippen LogP) is 3.17. The first-order valence-corrected chi connectivity index (χ1v) is 7.44. The molecule has 3 nitrogen and oxygen atoms in total. The van der Waals surface area contributed by atoms with Gasteiger partial charge in [0, 0.05) is 18.6 Å². The number of hydrogen-bond donors (Lipinski definition) is 1. The SMILES string of the molecule is CCCCN(CCC(C#N)NC(C)C)C(C)CC. The van der Waals surface area contributed by atoms with E-state index in [1.165, 1.54) is 19.3 Å². The lowest BCUT2D eigenvalue weighted by Gasteiger charge is -2.29. The topological polar surface area (TPSA) is 39.1 Å². The number of hydrogen-bond acceptors (Lipinski definition) is 3. The average molecular weight is 253 g/mol. The van der Waals surface area contributed by atoms with Gasteiger partial charge in [0.25, 0.3) is 0 Å². The lowest BCUT2D eigenvalue weighted by molar-refractivity contribution is 0.193. The summed E-state index contributed by atoms with van der Waals surface area (Å²) in [4.78, 5) is 2.52. The molecule has 0 saturated carbocycles. The van der Waals surface area contributed by atoms with Crippen LogP contribution in [0.25, 0.3) is 0 Å². The molecule has 0 spiro atoms. The zero-order valence-corrected chi connectivity index (χ0v) is 12.9. The Morgan fingerprint density at radius 3 is 2.28 bits per heavy atom. The third-order valence-corrected chi connectivity index (χ3v) is 3.41. The van der Waals surface area contributed by atoms with Crippen molar-refractivity contribution in [3.63, 3.8) is 0 Å². The Hall–Kier alpha value is -0.590. The quantitative estimate of drug-likeness (QED) is 0.650. The van der Waals surface area contributed by atoms with Gasteiger partial charge < -0.3 is 4.90 Å². The Balaban J connectivity index is 4.18. The molecule has 0 saturated heterocycles. The van der Waals surface area contributed by atoms with Gasteiger partial charge in [0.15, 0.2) is 0 Å². The first kappa shape index (κ1) is 17.4. The van der Waals surface area contributed by atoms with E-state index in [1.807, 2.05) is 0 Å². The molecule has 0 aromatic carbocycles. The highest BCUT2D eigenvalue weighted by atomic mass is 15.1. The molecule has 0 aliphatic rings. The standard InChI is InChI=1S/C15H31N3/c1-6-8-10-18(14(5)7-2)11-9-15(12-16)17-13(3)4/h13-15,17H,6-11H2,1-5H3. The Morgan fingerprint density at radius 1 is 1.17 bits per heavy atom. The molecule has 0 radical (unpaired) electrons. The molecule has 0 heterocycles. The summed E-state index contributed by atoms with van der Waals surface area (Å²) in [6.45, 7) is 13.1. The molecule has 0 fully saturated rings. The van der Waals surface area contributed by atoms with Crippen molar-refractivity contribution in [3.05, 3.63) is 0 Å². The maximum Gasteiger partial charge on any atom is 0.0967 e. The third kappa shape index (κ3) is 7.68. The zero-order chi connectivity index (χ0) is 14.0. The molecule has 2 unspecified atom stereocenters. The highest BCUT2D eigenvalue weighted by Crippen LogP contribution is 2.08. The van der Waals surface area contributed by atoms with Crippen LogP contribution in [-0.4, -0.2) is 36.1 Å². The maximum atomic E-state index is 9.13. The molecule has 18 heavy (non-hydrogen) atoms. The van der Waals surface area contributed by atoms with Gasteiger partial charge in [-0.1, -0.05) is 20.3 Å². The number of nitriles is 1. The summed E-state index contributed by atoms with van der Waals surface area (Å²) in [5, 5.41) is 12.4. The largest absolute Gasteiger partial charge is 0.301 e. The number of unbranched alkanes of at least 4 members (excludes halogenated alkanes) is 1. The molecule has 0 aliphatic heterocycles. The van der Waals surface area contributed by atoms with E-state index in [9.17, 15) is 0 Å². The second kappa shape index (κ2) is 10.3. The Kier molecular flexibility index (Phi) is 10.0. The van der Waals surface area contributed by atoms with E-state index in [1.54, 1.807) is 0 Å². The molecule has 106 valence electrons. The van der Waals surface area contributed by atoms with Crippen molar-refractivity contribution in [2.75, 3.05) is 13.1 Å². The molecular formula is C15H31N3. The summed E-state index contributed by atoms with van der Waals surface area (Å²) >= 11 is 0. The first-order chi connectivity index (χ1) is 8.54. The van der Waals surface area contributed by atoms with Crippen molar-refractivity contribution in [3.8, 4) is 6.07 Å². The van der Waals surface area contributed by atoms with Crippen molar-refractivity contribution in [2.45, 2.75) is 78.4 Å². The van der Waals surface area contributed by atoms with E-state index in [0.29, 0.717) is 12.1 Å². The summed E-state index contributed by atoms with van der Waals surface area (Å²) in [7, 11) is 0. The smallest absolute Gasteiger partial charge is 0.0967 e. The van der Waals surface area contributed by atoms with Gasteiger partial charge in [0.2, 0.25) is 0 Å². The van der Waals surface area contributed by atoms with E-state index >= 15 is 0 Å². The Labute approximate surface area is 114 Å². The van der Waals surface area contributed by atoms with Crippen LogP contribution in [0.2, 0.25) is 0 Å². The molecule has 2 atom stereocenters. The van der Waals surface area contributed by atoms with Crippen LogP contribution < -0.4 is 5.32 Å². The van der Waals surface area contributed by atoms with Crippen LogP contribution in [0.1, 0.15) is 60.3 Å². The molecule has 0 aliphatic carbocycles. The number of nitrogens with zero attached hydrogens (tertiary/aromatic N) is 2. The second-order valence-corrected chi connectivity index (χ2v) is 5.44. The summed E-state index contributed by atoms with van der Waals surface area (Å²) in [5.74, 6) is 0. The maximum absolute atomic E-state index is 9.13. The summed E-state index contributed by atoms with van der Waals surface area (Å²) in [5.41, 5.74) is 0. The molecule has 0 amide bonds. The third-order valence-electron chi connectivity index (χ3n) is 3.41. The van der Waals surface area contributed by atoms with Crippen LogP contribution in [0.4, 0.5) is 0 Å². The van der Waals surface area contributed by atoms with Crippen LogP contribution in [-0.2, 0) is 0 Å². The molecular weight excluding hydrogens is 222 g/mol. The summed E-state index contributed by atoms with van der Waals surface area (Å²) in [6, 6.07) is 3.35. The van der Waals surface area contributed by atoms with Crippen molar-refractivity contribution < 1.29 is 0 Å². The van der Waals surface area contributed by atoms with E-state index in [-0.39, 0.29) is 6.04 Å². The fourth-order valence-electron chi connectivity index (χ4n) is 2.05. The lowest BCUT2D eigenvalue weighted by atomic mass is 10.1. The molecule has 0 rings (SSSR count). The molecule has 0 aromatic rings. The Morgan fingerprint density at radius 2 is 1.83 bits per heavy atom. The van der Waals surface area contributed by atoms with Gasteiger partial charge in [-0.15, -0.1) is 0 Å². The minimum atomic E-state index is -0.0156. The molecule has 0 aromatic heterocycles. The van der Waals surface area contributed by atoms with Crippen LogP contribution in [0.3, 0.4) is 0 Å². The number of nitrogens with one attached hydrogen (secondary N) is 1. The van der Waals surface area contributed by atoms with Gasteiger partial charge in [-0.3, -0.25) is 5.32 Å². The van der Waals surface area contributed by atoms with Gasteiger partial charge in [-0.05, 0) is 46.6 Å². The van der Waals surface area contributed by atoms with E-state index in [0.717, 1.165) is 19.5 Å². The number of rotatable bonds is 10. The fraction of sp³-hybridized carbons (Fsp3) is 0.933. The lowest BCUT2D eigenvalue weighted by Crippen LogP contribution is -2.40. The van der Waals surface area contributed by atoms with Gasteiger partial charge in [-0.2, -0.15) is 5.26 Å². The van der Waals surface area contributed by atoms with Crippen LogP contribution in [0.5, 0.6) is 0 Å². The van der Waals surface area contributed by atoms with E-state index in [2.05, 4.69) is 50.9 Å². The second-order valence-electron chi connectivity index (χ2n) is 5.44. The minimum Gasteiger partial charge on any atom is -0.301 e. The van der Waals surface area contributed by atoms with Gasteiger partial charge in [-0.25, -0.2) is 0 Å². The van der Waals surface area contributed by atoms with Gasteiger partial charge >= 0.3 is 0 Å². The van der Waals surface area contributed by atoms with Crippen LogP contribution >= 0.6 is 0 Å². The minimum absolute atomic E-state index is 0.0156. The highest BCUT2D eigenvalue weighted by molar-refractivity contribution is 4.91.